The highest BCUT2D eigenvalue weighted by Crippen LogP contribution is 2.23. The van der Waals surface area contributed by atoms with Crippen molar-refractivity contribution >= 4 is 28.5 Å². The summed E-state index contributed by atoms with van der Waals surface area (Å²) in [5, 5.41) is 8.78. The van der Waals surface area contributed by atoms with E-state index in [1.165, 1.54) is 0 Å². The molecule has 1 aromatic carbocycles. The first kappa shape index (κ1) is 20.8. The van der Waals surface area contributed by atoms with Crippen LogP contribution in [-0.4, -0.2) is 62.6 Å². The molecule has 3 heterocycles. The maximum absolute atomic E-state index is 12.8. The number of carbonyl (C=O) groups is 2. The number of aromatic nitrogens is 3. The minimum Gasteiger partial charge on any atom is -0.364 e. The molecule has 0 unspecified atom stereocenters. The van der Waals surface area contributed by atoms with E-state index in [4.69, 9.17) is 0 Å². The maximum atomic E-state index is 12.8. The van der Waals surface area contributed by atoms with Gasteiger partial charge in [0.1, 0.15) is 5.82 Å². The van der Waals surface area contributed by atoms with Gasteiger partial charge in [0.15, 0.2) is 0 Å². The number of hydrogen-bond acceptors (Lipinski definition) is 5. The Morgan fingerprint density at radius 2 is 2.03 bits per heavy atom. The Kier molecular flexibility index (Phi) is 5.63. The molecule has 8 nitrogen and oxygen atoms in total. The number of rotatable bonds is 5. The van der Waals surface area contributed by atoms with Crippen LogP contribution in [0.1, 0.15) is 42.2 Å². The SMILES string of the molecule is CC(=O)N(C)[C@H]1CCN(C(=O)c2ccc(N[C@@H](C)c3ccc4c(cnn4C)c3)nc2)C1. The zero-order valence-corrected chi connectivity index (χ0v) is 18.4. The number of pyridine rings is 1. The van der Waals surface area contributed by atoms with E-state index in [1.807, 2.05) is 24.0 Å². The Morgan fingerprint density at radius 3 is 2.74 bits per heavy atom. The zero-order chi connectivity index (χ0) is 22.1. The first-order chi connectivity index (χ1) is 14.8. The fourth-order valence-electron chi connectivity index (χ4n) is 4.04. The van der Waals surface area contributed by atoms with E-state index in [0.29, 0.717) is 24.5 Å². The van der Waals surface area contributed by atoms with Gasteiger partial charge >= 0.3 is 0 Å². The number of hydrogen-bond donors (Lipinski definition) is 1. The molecule has 1 aliphatic rings. The van der Waals surface area contributed by atoms with Gasteiger partial charge in [0.25, 0.3) is 5.91 Å². The highest BCUT2D eigenvalue weighted by molar-refractivity contribution is 5.94. The number of aryl methyl sites for hydroxylation is 1. The van der Waals surface area contributed by atoms with Crippen molar-refractivity contribution < 1.29 is 9.59 Å². The monoisotopic (exact) mass is 420 g/mol. The van der Waals surface area contributed by atoms with E-state index in [9.17, 15) is 9.59 Å². The maximum Gasteiger partial charge on any atom is 0.255 e. The van der Waals surface area contributed by atoms with Crippen LogP contribution in [-0.2, 0) is 11.8 Å². The number of amides is 2. The molecule has 1 aliphatic heterocycles. The van der Waals surface area contributed by atoms with Gasteiger partial charge in [-0.1, -0.05) is 6.07 Å². The number of likely N-dealkylation sites (tertiary alicyclic amines) is 1. The lowest BCUT2D eigenvalue weighted by Crippen LogP contribution is -2.38. The van der Waals surface area contributed by atoms with E-state index in [0.717, 1.165) is 22.9 Å². The van der Waals surface area contributed by atoms with Crippen LogP contribution in [0.15, 0.2) is 42.7 Å². The minimum atomic E-state index is -0.0476. The van der Waals surface area contributed by atoms with Crippen molar-refractivity contribution in [2.75, 3.05) is 25.5 Å². The van der Waals surface area contributed by atoms with Crippen molar-refractivity contribution in [1.82, 2.24) is 24.6 Å². The van der Waals surface area contributed by atoms with Gasteiger partial charge in [0.2, 0.25) is 5.91 Å². The summed E-state index contributed by atoms with van der Waals surface area (Å²) in [4.78, 5) is 32.3. The zero-order valence-electron chi connectivity index (χ0n) is 18.4. The summed E-state index contributed by atoms with van der Waals surface area (Å²) >= 11 is 0. The van der Waals surface area contributed by atoms with Gasteiger partial charge in [0.05, 0.1) is 23.3 Å². The van der Waals surface area contributed by atoms with E-state index < -0.39 is 0 Å². The van der Waals surface area contributed by atoms with Crippen LogP contribution in [0.4, 0.5) is 5.82 Å². The molecule has 4 rings (SSSR count). The molecule has 1 fully saturated rings. The van der Waals surface area contributed by atoms with Gasteiger partial charge in [-0.3, -0.25) is 14.3 Å². The van der Waals surface area contributed by atoms with Gasteiger partial charge in [0, 0.05) is 51.7 Å². The van der Waals surface area contributed by atoms with Crippen LogP contribution in [0.5, 0.6) is 0 Å². The average molecular weight is 421 g/mol. The lowest BCUT2D eigenvalue weighted by atomic mass is 10.1. The summed E-state index contributed by atoms with van der Waals surface area (Å²) in [5.41, 5.74) is 2.79. The van der Waals surface area contributed by atoms with Crippen LogP contribution in [0.3, 0.4) is 0 Å². The van der Waals surface area contributed by atoms with Gasteiger partial charge in [-0.25, -0.2) is 4.98 Å². The number of nitrogens with one attached hydrogen (secondary N) is 1. The summed E-state index contributed by atoms with van der Waals surface area (Å²) < 4.78 is 1.86. The van der Waals surface area contributed by atoms with Crippen molar-refractivity contribution in [3.05, 3.63) is 53.9 Å². The van der Waals surface area contributed by atoms with Gasteiger partial charge in [-0.15, -0.1) is 0 Å². The summed E-state index contributed by atoms with van der Waals surface area (Å²) in [6.07, 6.45) is 4.28. The van der Waals surface area contributed by atoms with Crippen LogP contribution in [0, 0.1) is 0 Å². The van der Waals surface area contributed by atoms with E-state index >= 15 is 0 Å². The van der Waals surface area contributed by atoms with Crippen LogP contribution in [0.25, 0.3) is 10.9 Å². The molecule has 1 saturated heterocycles. The predicted octanol–water partition coefficient (Wildman–Crippen LogP) is 2.83. The second-order valence-corrected chi connectivity index (χ2v) is 8.21. The molecule has 0 saturated carbocycles. The Morgan fingerprint density at radius 1 is 1.23 bits per heavy atom. The Labute approximate surface area is 181 Å². The predicted molar refractivity (Wildman–Crippen MR) is 120 cm³/mol. The molecule has 0 bridgehead atoms. The van der Waals surface area contributed by atoms with Crippen LogP contribution >= 0.6 is 0 Å². The third-order valence-electron chi connectivity index (χ3n) is 6.14. The van der Waals surface area contributed by atoms with Crippen molar-refractivity contribution in [2.45, 2.75) is 32.4 Å². The summed E-state index contributed by atoms with van der Waals surface area (Å²) in [5.74, 6) is 0.688. The van der Waals surface area contributed by atoms with Crippen molar-refractivity contribution in [3.63, 3.8) is 0 Å². The normalized spacial score (nSPS) is 17.0. The lowest BCUT2D eigenvalue weighted by molar-refractivity contribution is -0.129. The first-order valence-electron chi connectivity index (χ1n) is 10.5. The highest BCUT2D eigenvalue weighted by Gasteiger charge is 2.30. The molecule has 162 valence electrons. The van der Waals surface area contributed by atoms with Crippen molar-refractivity contribution in [1.29, 1.82) is 0 Å². The summed E-state index contributed by atoms with van der Waals surface area (Å²) in [6.45, 7) is 4.84. The number of anilines is 1. The molecule has 0 spiro atoms. The smallest absolute Gasteiger partial charge is 0.255 e. The topological polar surface area (TPSA) is 83.4 Å². The molecule has 3 aromatic rings. The summed E-state index contributed by atoms with van der Waals surface area (Å²) in [7, 11) is 3.72. The molecule has 8 heteroatoms. The fraction of sp³-hybridized carbons (Fsp3) is 0.391. The lowest BCUT2D eigenvalue weighted by Gasteiger charge is -2.23. The second-order valence-electron chi connectivity index (χ2n) is 8.21. The highest BCUT2D eigenvalue weighted by atomic mass is 16.2. The molecule has 0 radical (unpaired) electrons. The molecular weight excluding hydrogens is 392 g/mol. The molecule has 0 aliphatic carbocycles. The molecule has 2 amide bonds. The van der Waals surface area contributed by atoms with E-state index in [-0.39, 0.29) is 23.9 Å². The number of carbonyl (C=O) groups excluding carboxylic acids is 2. The van der Waals surface area contributed by atoms with E-state index in [1.54, 1.807) is 36.0 Å². The third kappa shape index (κ3) is 4.23. The Balaban J connectivity index is 1.39. The van der Waals surface area contributed by atoms with Gasteiger partial charge in [-0.2, -0.15) is 5.10 Å². The molecular formula is C23H28N6O2. The first-order valence-corrected chi connectivity index (χ1v) is 10.5. The molecule has 31 heavy (non-hydrogen) atoms. The molecule has 2 aromatic heterocycles. The van der Waals surface area contributed by atoms with Crippen molar-refractivity contribution in [2.24, 2.45) is 7.05 Å². The van der Waals surface area contributed by atoms with Gasteiger partial charge < -0.3 is 15.1 Å². The summed E-state index contributed by atoms with van der Waals surface area (Å²) in [6, 6.07) is 10.0. The Bertz CT molecular complexity index is 1110. The molecule has 2 atom stereocenters. The van der Waals surface area contributed by atoms with Crippen LogP contribution < -0.4 is 5.32 Å². The fourth-order valence-corrected chi connectivity index (χ4v) is 4.04. The quantitative estimate of drug-likeness (QED) is 0.686. The number of likely N-dealkylation sites (N-methyl/N-ethyl adjacent to an activating group) is 1. The van der Waals surface area contributed by atoms with Gasteiger partial charge in [-0.05, 0) is 43.2 Å². The standard InChI is InChI=1S/C23H28N6O2/c1-15(17-5-7-21-19(11-17)13-25-28(21)4)26-22-8-6-18(12-24-22)23(31)29-10-9-20(14-29)27(3)16(2)30/h5-8,11-13,15,20H,9-10,14H2,1-4H3,(H,24,26)/t15-,20-/m0/s1. The largest absolute Gasteiger partial charge is 0.364 e. The minimum absolute atomic E-state index is 0.0215. The third-order valence-corrected chi connectivity index (χ3v) is 6.14. The number of fused-ring (bicyclic) bond motifs is 1. The van der Waals surface area contributed by atoms with Crippen molar-refractivity contribution in [3.8, 4) is 0 Å². The Hall–Kier alpha value is -3.42. The number of benzene rings is 1. The van der Waals surface area contributed by atoms with Crippen LogP contribution in [0.2, 0.25) is 0 Å². The second kappa shape index (κ2) is 8.37. The molecule has 1 N–H and O–H groups in total. The number of nitrogens with zero attached hydrogens (tertiary/aromatic N) is 5. The van der Waals surface area contributed by atoms with E-state index in [2.05, 4.69) is 40.5 Å². The average Bonchev–Trinajstić information content (AvgIpc) is 3.40.